The van der Waals surface area contributed by atoms with Crippen molar-refractivity contribution in [2.45, 2.75) is 33.2 Å². The zero-order chi connectivity index (χ0) is 12.5. The predicted molar refractivity (Wildman–Crippen MR) is 63.7 cm³/mol. The van der Waals surface area contributed by atoms with Crippen LogP contribution in [0.25, 0.3) is 0 Å². The summed E-state index contributed by atoms with van der Waals surface area (Å²) in [5.41, 5.74) is 0.617. The highest BCUT2D eigenvalue weighted by molar-refractivity contribution is 5.74. The highest BCUT2D eigenvalue weighted by Gasteiger charge is 2.36. The summed E-state index contributed by atoms with van der Waals surface area (Å²) in [6, 6.07) is 1.96. The predicted octanol–water partition coefficient (Wildman–Crippen LogP) is 2.27. The lowest BCUT2D eigenvalue weighted by Crippen LogP contribution is -2.42. The number of likely N-dealkylation sites (tertiary alicyclic amines) is 1. The van der Waals surface area contributed by atoms with E-state index in [0.29, 0.717) is 12.8 Å². The maximum atomic E-state index is 11.1. The van der Waals surface area contributed by atoms with Crippen LogP contribution in [0.4, 0.5) is 0 Å². The molecule has 0 radical (unpaired) electrons. The van der Waals surface area contributed by atoms with Crippen LogP contribution in [0.1, 0.15) is 31.1 Å². The molecule has 0 amide bonds. The quantitative estimate of drug-likeness (QED) is 0.876. The Morgan fingerprint density at radius 1 is 1.53 bits per heavy atom. The molecule has 4 heteroatoms. The molecule has 1 saturated heterocycles. The number of rotatable bonds is 3. The zero-order valence-electron chi connectivity index (χ0n) is 10.4. The maximum Gasteiger partial charge on any atom is 0.309 e. The van der Waals surface area contributed by atoms with Crippen LogP contribution in [0.3, 0.4) is 0 Å². The molecule has 1 aromatic rings. The van der Waals surface area contributed by atoms with E-state index >= 15 is 0 Å². The number of nitrogens with zero attached hydrogens (tertiary/aromatic N) is 1. The van der Waals surface area contributed by atoms with Gasteiger partial charge in [0.1, 0.15) is 5.76 Å². The number of aliphatic carboxylic acids is 1. The molecule has 1 aliphatic heterocycles. The molecule has 4 nitrogen and oxygen atoms in total. The molecule has 0 spiro atoms. The fourth-order valence-electron chi connectivity index (χ4n) is 2.19. The molecule has 2 rings (SSSR count). The molecule has 17 heavy (non-hydrogen) atoms. The van der Waals surface area contributed by atoms with Crippen LogP contribution >= 0.6 is 0 Å². The molecule has 0 bridgehead atoms. The van der Waals surface area contributed by atoms with E-state index in [-0.39, 0.29) is 0 Å². The lowest BCUT2D eigenvalue weighted by Gasteiger charge is -2.36. The molecular formula is C13H19NO3. The van der Waals surface area contributed by atoms with Gasteiger partial charge in [-0.15, -0.1) is 0 Å². The van der Waals surface area contributed by atoms with Gasteiger partial charge in [0.2, 0.25) is 0 Å². The van der Waals surface area contributed by atoms with Gasteiger partial charge in [0.15, 0.2) is 0 Å². The van der Waals surface area contributed by atoms with Crippen molar-refractivity contribution >= 4 is 5.97 Å². The van der Waals surface area contributed by atoms with Gasteiger partial charge in [0, 0.05) is 0 Å². The van der Waals surface area contributed by atoms with E-state index in [1.165, 1.54) is 0 Å². The monoisotopic (exact) mass is 237 g/mol. The van der Waals surface area contributed by atoms with Crippen molar-refractivity contribution in [1.29, 1.82) is 0 Å². The van der Waals surface area contributed by atoms with Gasteiger partial charge in [0.25, 0.3) is 0 Å². The van der Waals surface area contributed by atoms with Crippen LogP contribution in [0, 0.1) is 12.3 Å². The maximum absolute atomic E-state index is 11.1. The van der Waals surface area contributed by atoms with E-state index in [1.807, 2.05) is 19.9 Å². The molecule has 1 aliphatic rings. The lowest BCUT2D eigenvalue weighted by atomic mass is 9.80. The first-order chi connectivity index (χ1) is 8.01. The summed E-state index contributed by atoms with van der Waals surface area (Å²) < 4.78 is 5.41. The van der Waals surface area contributed by atoms with Crippen molar-refractivity contribution < 1.29 is 14.3 Å². The number of hydrogen-bond acceptors (Lipinski definition) is 3. The van der Waals surface area contributed by atoms with Gasteiger partial charge in [-0.1, -0.05) is 0 Å². The number of piperidine rings is 1. The van der Waals surface area contributed by atoms with E-state index in [2.05, 4.69) is 4.90 Å². The van der Waals surface area contributed by atoms with Crippen molar-refractivity contribution in [3.05, 3.63) is 23.7 Å². The first-order valence-electron chi connectivity index (χ1n) is 6.00. The second-order valence-electron chi connectivity index (χ2n) is 5.17. The van der Waals surface area contributed by atoms with Crippen molar-refractivity contribution in [2.24, 2.45) is 5.41 Å². The molecular weight excluding hydrogens is 218 g/mol. The van der Waals surface area contributed by atoms with Crippen molar-refractivity contribution in [3.8, 4) is 0 Å². The van der Waals surface area contributed by atoms with Crippen LogP contribution < -0.4 is 0 Å². The molecule has 2 heterocycles. The molecule has 1 N–H and O–H groups in total. The van der Waals surface area contributed by atoms with E-state index < -0.39 is 11.4 Å². The Kier molecular flexibility index (Phi) is 3.24. The summed E-state index contributed by atoms with van der Waals surface area (Å²) in [4.78, 5) is 13.4. The molecule has 1 fully saturated rings. The molecule has 0 aromatic carbocycles. The summed E-state index contributed by atoms with van der Waals surface area (Å²) in [5, 5.41) is 9.15. The van der Waals surface area contributed by atoms with E-state index in [1.54, 1.807) is 6.26 Å². The third kappa shape index (κ3) is 2.52. The van der Waals surface area contributed by atoms with Gasteiger partial charge in [-0.2, -0.15) is 0 Å². The Morgan fingerprint density at radius 3 is 2.65 bits per heavy atom. The van der Waals surface area contributed by atoms with Gasteiger partial charge in [0.05, 0.1) is 18.2 Å². The lowest BCUT2D eigenvalue weighted by molar-refractivity contribution is -0.150. The number of carboxylic acid groups (broad SMARTS) is 1. The topological polar surface area (TPSA) is 53.7 Å². The van der Waals surface area contributed by atoms with Crippen molar-refractivity contribution in [3.63, 3.8) is 0 Å². The minimum atomic E-state index is -0.675. The Balaban J connectivity index is 1.92. The van der Waals surface area contributed by atoms with E-state index in [4.69, 9.17) is 9.52 Å². The first kappa shape index (κ1) is 12.2. The average molecular weight is 237 g/mol. The smallest absolute Gasteiger partial charge is 0.309 e. The minimum absolute atomic E-state index is 0.547. The third-order valence-electron chi connectivity index (χ3n) is 3.81. The summed E-state index contributed by atoms with van der Waals surface area (Å²) in [7, 11) is 0. The molecule has 0 atom stereocenters. The number of hydrogen-bond donors (Lipinski definition) is 1. The third-order valence-corrected chi connectivity index (χ3v) is 3.81. The summed E-state index contributed by atoms with van der Waals surface area (Å²) in [5.74, 6) is 0.315. The number of carboxylic acids is 1. The summed E-state index contributed by atoms with van der Waals surface area (Å²) in [6.07, 6.45) is 3.13. The second kappa shape index (κ2) is 4.53. The van der Waals surface area contributed by atoms with Crippen molar-refractivity contribution in [2.75, 3.05) is 13.1 Å². The fourth-order valence-corrected chi connectivity index (χ4v) is 2.19. The number of aryl methyl sites for hydroxylation is 1. The summed E-state index contributed by atoms with van der Waals surface area (Å²) in [6.45, 7) is 6.30. The molecule has 1 aromatic heterocycles. The Bertz CT molecular complexity index is 403. The Hall–Kier alpha value is -1.29. The molecule has 0 unspecified atom stereocenters. The Labute approximate surface area is 101 Å². The molecule has 0 saturated carbocycles. The Morgan fingerprint density at radius 2 is 2.18 bits per heavy atom. The minimum Gasteiger partial charge on any atom is -0.481 e. The van der Waals surface area contributed by atoms with Gasteiger partial charge < -0.3 is 9.52 Å². The number of carbonyl (C=O) groups is 1. The van der Waals surface area contributed by atoms with Crippen LogP contribution in [0.2, 0.25) is 0 Å². The highest BCUT2D eigenvalue weighted by Crippen LogP contribution is 2.31. The molecule has 0 aliphatic carbocycles. The van der Waals surface area contributed by atoms with Gasteiger partial charge in [-0.3, -0.25) is 9.69 Å². The second-order valence-corrected chi connectivity index (χ2v) is 5.17. The zero-order valence-corrected chi connectivity index (χ0v) is 10.4. The first-order valence-corrected chi connectivity index (χ1v) is 6.00. The highest BCUT2D eigenvalue weighted by atomic mass is 16.4. The van der Waals surface area contributed by atoms with Gasteiger partial charge in [-0.05, 0) is 51.4 Å². The standard InChI is InChI=1S/C13H19NO3/c1-10-3-8-17-11(10)9-14-6-4-13(2,5-7-14)12(15)16/h3,8H,4-7,9H2,1-2H3,(H,15,16). The SMILES string of the molecule is Cc1ccoc1CN1CCC(C)(C(=O)O)CC1. The summed E-state index contributed by atoms with van der Waals surface area (Å²) >= 11 is 0. The largest absolute Gasteiger partial charge is 0.481 e. The van der Waals surface area contributed by atoms with Crippen molar-refractivity contribution in [1.82, 2.24) is 4.90 Å². The van der Waals surface area contributed by atoms with Crippen LogP contribution in [-0.2, 0) is 11.3 Å². The number of furan rings is 1. The van der Waals surface area contributed by atoms with Crippen LogP contribution in [0.15, 0.2) is 16.7 Å². The van der Waals surface area contributed by atoms with Gasteiger partial charge >= 0.3 is 5.97 Å². The van der Waals surface area contributed by atoms with Crippen LogP contribution in [-0.4, -0.2) is 29.1 Å². The normalized spacial score (nSPS) is 20.4. The van der Waals surface area contributed by atoms with Crippen LogP contribution in [0.5, 0.6) is 0 Å². The van der Waals surface area contributed by atoms with Gasteiger partial charge in [-0.25, -0.2) is 0 Å². The van der Waals surface area contributed by atoms with E-state index in [0.717, 1.165) is 31.0 Å². The van der Waals surface area contributed by atoms with E-state index in [9.17, 15) is 4.79 Å². The average Bonchev–Trinajstić information content (AvgIpc) is 2.68. The molecule has 94 valence electrons. The fraction of sp³-hybridized carbons (Fsp3) is 0.615.